The van der Waals surface area contributed by atoms with Crippen molar-refractivity contribution in [1.82, 2.24) is 9.80 Å². The van der Waals surface area contributed by atoms with Crippen LogP contribution in [0, 0.1) is 0 Å². The number of ether oxygens (including phenoxy) is 3. The highest BCUT2D eigenvalue weighted by molar-refractivity contribution is 5.99. The van der Waals surface area contributed by atoms with Crippen molar-refractivity contribution in [3.8, 4) is 17.2 Å². The molecule has 8 nitrogen and oxygen atoms in total. The molecule has 186 valence electrons. The van der Waals surface area contributed by atoms with Crippen LogP contribution in [0.3, 0.4) is 0 Å². The SMILES string of the molecule is CCc1ccc2oc3c(c(=O)c2c1)C(c1cc(OC)c(OC)cc1OC)N(CCCN(C)C)C3=O. The molecule has 0 spiro atoms. The Balaban J connectivity index is 1.97. The second kappa shape index (κ2) is 10.00. The molecule has 1 amide bonds. The summed E-state index contributed by atoms with van der Waals surface area (Å²) in [5, 5.41) is 0.468. The van der Waals surface area contributed by atoms with Crippen LogP contribution in [-0.2, 0) is 6.42 Å². The number of hydrogen-bond donors (Lipinski definition) is 0. The predicted octanol–water partition coefficient (Wildman–Crippen LogP) is 3.88. The van der Waals surface area contributed by atoms with Crippen LogP contribution in [0.2, 0.25) is 0 Å². The highest BCUT2D eigenvalue weighted by Gasteiger charge is 2.44. The summed E-state index contributed by atoms with van der Waals surface area (Å²) in [5.74, 6) is 1.25. The van der Waals surface area contributed by atoms with Crippen molar-refractivity contribution in [2.75, 3.05) is 48.5 Å². The molecule has 3 aromatic rings. The van der Waals surface area contributed by atoms with Crippen molar-refractivity contribution < 1.29 is 23.4 Å². The van der Waals surface area contributed by atoms with Gasteiger partial charge in [-0.15, -0.1) is 0 Å². The zero-order chi connectivity index (χ0) is 25.3. The largest absolute Gasteiger partial charge is 0.496 e. The monoisotopic (exact) mass is 480 g/mol. The minimum atomic E-state index is -0.680. The lowest BCUT2D eigenvalue weighted by Gasteiger charge is -2.27. The van der Waals surface area contributed by atoms with Gasteiger partial charge in [0.1, 0.15) is 11.3 Å². The third-order valence-corrected chi connectivity index (χ3v) is 6.47. The average molecular weight is 481 g/mol. The summed E-state index contributed by atoms with van der Waals surface area (Å²) in [7, 11) is 8.61. The van der Waals surface area contributed by atoms with Gasteiger partial charge in [-0.1, -0.05) is 13.0 Å². The van der Waals surface area contributed by atoms with E-state index in [0.29, 0.717) is 45.9 Å². The van der Waals surface area contributed by atoms with Gasteiger partial charge < -0.3 is 28.4 Å². The molecular formula is C27H32N2O6. The number of methoxy groups -OCH3 is 3. The summed E-state index contributed by atoms with van der Waals surface area (Å²) < 4.78 is 22.8. The van der Waals surface area contributed by atoms with E-state index in [9.17, 15) is 9.59 Å². The fourth-order valence-corrected chi connectivity index (χ4v) is 4.67. The predicted molar refractivity (Wildman–Crippen MR) is 134 cm³/mol. The van der Waals surface area contributed by atoms with Crippen LogP contribution in [0.1, 0.15) is 46.6 Å². The molecule has 35 heavy (non-hydrogen) atoms. The summed E-state index contributed by atoms with van der Waals surface area (Å²) in [6.07, 6.45) is 1.52. The van der Waals surface area contributed by atoms with Crippen LogP contribution in [0.5, 0.6) is 17.2 Å². The van der Waals surface area contributed by atoms with Gasteiger partial charge in [0.15, 0.2) is 16.9 Å². The number of fused-ring (bicyclic) bond motifs is 2. The quantitative estimate of drug-likeness (QED) is 0.460. The van der Waals surface area contributed by atoms with Crippen molar-refractivity contribution >= 4 is 16.9 Å². The zero-order valence-electron chi connectivity index (χ0n) is 21.1. The summed E-state index contributed by atoms with van der Waals surface area (Å²) >= 11 is 0. The number of aryl methyl sites for hydroxylation is 1. The van der Waals surface area contributed by atoms with Gasteiger partial charge in [0, 0.05) is 18.2 Å². The molecule has 0 radical (unpaired) electrons. The number of carbonyl (C=O) groups is 1. The standard InChI is InChI=1S/C27H32N2O6/c1-7-16-9-10-19-18(13-16)25(30)23-24(17-14-21(33-5)22(34-6)15-20(17)32-4)29(12-8-11-28(2)3)27(31)26(23)35-19/h9-10,13-15,24H,7-8,11-12H2,1-6H3. The Morgan fingerprint density at radius 3 is 2.29 bits per heavy atom. The molecule has 8 heteroatoms. The van der Waals surface area contributed by atoms with Gasteiger partial charge in [-0.2, -0.15) is 0 Å². The van der Waals surface area contributed by atoms with Gasteiger partial charge in [0.25, 0.3) is 5.91 Å². The number of carbonyl (C=O) groups excluding carboxylic acids is 1. The smallest absolute Gasteiger partial charge is 0.290 e. The van der Waals surface area contributed by atoms with Gasteiger partial charge >= 0.3 is 0 Å². The highest BCUT2D eigenvalue weighted by Crippen LogP contribution is 2.45. The van der Waals surface area contributed by atoms with Crippen molar-refractivity contribution in [1.29, 1.82) is 0 Å². The lowest BCUT2D eigenvalue weighted by molar-refractivity contribution is 0.0720. The number of hydrogen-bond acceptors (Lipinski definition) is 7. The maximum atomic E-state index is 13.9. The first kappa shape index (κ1) is 24.6. The molecule has 0 saturated carbocycles. The third kappa shape index (κ3) is 4.34. The van der Waals surface area contributed by atoms with E-state index < -0.39 is 6.04 Å². The van der Waals surface area contributed by atoms with Gasteiger partial charge in [0.2, 0.25) is 5.76 Å². The fraction of sp³-hybridized carbons (Fsp3) is 0.407. The van der Waals surface area contributed by atoms with Crippen molar-refractivity contribution in [3.05, 3.63) is 63.0 Å². The third-order valence-electron chi connectivity index (χ3n) is 6.47. The van der Waals surface area contributed by atoms with Crippen molar-refractivity contribution in [2.24, 2.45) is 0 Å². The van der Waals surface area contributed by atoms with E-state index in [4.69, 9.17) is 18.6 Å². The molecule has 0 bridgehead atoms. The molecule has 1 aliphatic heterocycles. The normalized spacial score (nSPS) is 15.1. The molecule has 4 rings (SSSR count). The molecule has 1 atom stereocenters. The second-order valence-corrected chi connectivity index (χ2v) is 8.87. The summed E-state index contributed by atoms with van der Waals surface area (Å²) in [6.45, 7) is 3.27. The summed E-state index contributed by atoms with van der Waals surface area (Å²) in [6, 6.07) is 8.34. The van der Waals surface area contributed by atoms with Crippen molar-refractivity contribution in [2.45, 2.75) is 25.8 Å². The first-order valence-electron chi connectivity index (χ1n) is 11.7. The van der Waals surface area contributed by atoms with Gasteiger partial charge in [-0.25, -0.2) is 0 Å². The van der Waals surface area contributed by atoms with Gasteiger partial charge in [-0.3, -0.25) is 9.59 Å². The maximum absolute atomic E-state index is 13.9. The summed E-state index contributed by atoms with van der Waals surface area (Å²) in [4.78, 5) is 31.3. The Morgan fingerprint density at radius 1 is 0.971 bits per heavy atom. The molecule has 1 aliphatic rings. The first-order valence-corrected chi connectivity index (χ1v) is 11.7. The van der Waals surface area contributed by atoms with E-state index in [0.717, 1.165) is 24.9 Å². The minimum Gasteiger partial charge on any atom is -0.496 e. The topological polar surface area (TPSA) is 81.5 Å². The highest BCUT2D eigenvalue weighted by atomic mass is 16.5. The van der Waals surface area contributed by atoms with Crippen molar-refractivity contribution in [3.63, 3.8) is 0 Å². The van der Waals surface area contributed by atoms with E-state index in [1.54, 1.807) is 44.4 Å². The number of amides is 1. The fourth-order valence-electron chi connectivity index (χ4n) is 4.67. The maximum Gasteiger partial charge on any atom is 0.290 e. The van der Waals surface area contributed by atoms with Crippen LogP contribution in [0.25, 0.3) is 11.0 Å². The molecular weight excluding hydrogens is 448 g/mol. The van der Waals surface area contributed by atoms with Gasteiger partial charge in [0.05, 0.1) is 38.3 Å². The average Bonchev–Trinajstić information content (AvgIpc) is 3.14. The molecule has 0 saturated heterocycles. The Labute approximate surface area is 205 Å². The first-order chi connectivity index (χ1) is 16.8. The molecule has 0 aliphatic carbocycles. The van der Waals surface area contributed by atoms with Gasteiger partial charge in [-0.05, 0) is 57.2 Å². The van der Waals surface area contributed by atoms with Crippen LogP contribution < -0.4 is 19.6 Å². The Bertz CT molecular complexity index is 1310. The lowest BCUT2D eigenvalue weighted by atomic mass is 9.96. The van der Waals surface area contributed by atoms with Crippen LogP contribution in [0.4, 0.5) is 0 Å². The van der Waals surface area contributed by atoms with Crippen LogP contribution in [-0.4, -0.2) is 64.2 Å². The lowest BCUT2D eigenvalue weighted by Crippen LogP contribution is -2.32. The zero-order valence-corrected chi connectivity index (χ0v) is 21.1. The Morgan fingerprint density at radius 2 is 1.66 bits per heavy atom. The number of benzene rings is 2. The van der Waals surface area contributed by atoms with E-state index in [1.807, 2.05) is 33.2 Å². The number of nitrogens with zero attached hydrogens (tertiary/aromatic N) is 2. The molecule has 2 aromatic carbocycles. The van der Waals surface area contributed by atoms with E-state index in [-0.39, 0.29) is 17.1 Å². The van der Waals surface area contributed by atoms with Crippen LogP contribution in [0.15, 0.2) is 39.5 Å². The Kier molecular flexibility index (Phi) is 7.03. The minimum absolute atomic E-state index is 0.0819. The van der Waals surface area contributed by atoms with E-state index in [1.165, 1.54) is 0 Å². The molecule has 0 fully saturated rings. The summed E-state index contributed by atoms with van der Waals surface area (Å²) in [5.41, 5.74) is 2.19. The number of rotatable bonds is 9. The Hall–Kier alpha value is -3.52. The van der Waals surface area contributed by atoms with Crippen LogP contribution >= 0.6 is 0 Å². The second-order valence-electron chi connectivity index (χ2n) is 8.87. The molecule has 1 unspecified atom stereocenters. The van der Waals surface area contributed by atoms with E-state index in [2.05, 4.69) is 4.90 Å². The van der Waals surface area contributed by atoms with E-state index >= 15 is 0 Å². The molecule has 0 N–H and O–H groups in total. The molecule has 2 heterocycles. The molecule has 1 aromatic heterocycles.